The molecule has 0 amide bonds. The minimum Gasteiger partial charge on any atom is -0.309 e. The van der Waals surface area contributed by atoms with Crippen LogP contribution in [0.15, 0.2) is 18.2 Å². The Hall–Kier alpha value is -0.860. The largest absolute Gasteiger partial charge is 0.309 e. The van der Waals surface area contributed by atoms with Gasteiger partial charge in [0.1, 0.15) is 0 Å². The summed E-state index contributed by atoms with van der Waals surface area (Å²) in [5, 5.41) is 3.45. The SMILES string of the molecule is c1cc(CCN2CCCCC2)c2c(c1)CNC2. The van der Waals surface area contributed by atoms with Gasteiger partial charge in [0.05, 0.1) is 0 Å². The van der Waals surface area contributed by atoms with Crippen molar-refractivity contribution >= 4 is 0 Å². The molecular weight excluding hydrogens is 208 g/mol. The fourth-order valence-corrected chi connectivity index (χ4v) is 3.10. The third-order valence-corrected chi connectivity index (χ3v) is 4.13. The maximum Gasteiger partial charge on any atom is 0.0214 e. The lowest BCUT2D eigenvalue weighted by Gasteiger charge is -2.26. The molecule has 1 aromatic carbocycles. The van der Waals surface area contributed by atoms with E-state index in [4.69, 9.17) is 0 Å². The van der Waals surface area contributed by atoms with Gasteiger partial charge in [0, 0.05) is 19.6 Å². The van der Waals surface area contributed by atoms with E-state index in [1.54, 1.807) is 11.1 Å². The number of hydrogen-bond donors (Lipinski definition) is 1. The average Bonchev–Trinajstić information content (AvgIpc) is 2.86. The lowest BCUT2D eigenvalue weighted by Crippen LogP contribution is -2.31. The first-order valence-corrected chi connectivity index (χ1v) is 6.96. The van der Waals surface area contributed by atoms with Crippen molar-refractivity contribution < 1.29 is 0 Å². The van der Waals surface area contributed by atoms with Crippen LogP contribution in [0.4, 0.5) is 0 Å². The normalized spacial score (nSPS) is 20.5. The van der Waals surface area contributed by atoms with Gasteiger partial charge in [0.2, 0.25) is 0 Å². The van der Waals surface area contributed by atoms with Crippen molar-refractivity contribution in [3.05, 3.63) is 34.9 Å². The molecule has 0 radical (unpaired) electrons. The molecule has 2 aliphatic heterocycles. The molecule has 3 rings (SSSR count). The molecule has 17 heavy (non-hydrogen) atoms. The van der Waals surface area contributed by atoms with Crippen LogP contribution in [-0.2, 0) is 19.5 Å². The lowest BCUT2D eigenvalue weighted by atomic mass is 10.0. The number of rotatable bonds is 3. The van der Waals surface area contributed by atoms with Gasteiger partial charge in [0.15, 0.2) is 0 Å². The highest BCUT2D eigenvalue weighted by Crippen LogP contribution is 2.20. The molecule has 0 aromatic heterocycles. The van der Waals surface area contributed by atoms with Crippen molar-refractivity contribution in [2.24, 2.45) is 0 Å². The van der Waals surface area contributed by atoms with E-state index in [9.17, 15) is 0 Å². The summed E-state index contributed by atoms with van der Waals surface area (Å²) in [5.41, 5.74) is 4.66. The summed E-state index contributed by atoms with van der Waals surface area (Å²) in [7, 11) is 0. The highest BCUT2D eigenvalue weighted by Gasteiger charge is 2.15. The standard InChI is InChI=1S/C15H22N2/c1-2-8-17(9-3-1)10-7-13-5-4-6-14-11-16-12-15(13)14/h4-6,16H,1-3,7-12H2. The van der Waals surface area contributed by atoms with Gasteiger partial charge in [-0.2, -0.15) is 0 Å². The van der Waals surface area contributed by atoms with E-state index >= 15 is 0 Å². The highest BCUT2D eigenvalue weighted by atomic mass is 15.1. The number of benzene rings is 1. The van der Waals surface area contributed by atoms with Crippen LogP contribution >= 0.6 is 0 Å². The Morgan fingerprint density at radius 1 is 1.06 bits per heavy atom. The van der Waals surface area contributed by atoms with Gasteiger partial charge in [0.25, 0.3) is 0 Å². The van der Waals surface area contributed by atoms with Crippen molar-refractivity contribution in [1.29, 1.82) is 0 Å². The van der Waals surface area contributed by atoms with E-state index in [0.717, 1.165) is 13.1 Å². The molecule has 2 heterocycles. The quantitative estimate of drug-likeness (QED) is 0.857. The number of nitrogens with zero attached hydrogens (tertiary/aromatic N) is 1. The number of fused-ring (bicyclic) bond motifs is 1. The Morgan fingerprint density at radius 3 is 2.82 bits per heavy atom. The van der Waals surface area contributed by atoms with Crippen LogP contribution in [0.25, 0.3) is 0 Å². The Bertz CT molecular complexity index is 381. The summed E-state index contributed by atoms with van der Waals surface area (Å²) in [6, 6.07) is 6.80. The zero-order valence-electron chi connectivity index (χ0n) is 10.5. The Balaban J connectivity index is 1.63. The smallest absolute Gasteiger partial charge is 0.0214 e. The molecule has 0 saturated carbocycles. The summed E-state index contributed by atoms with van der Waals surface area (Å²) in [6.45, 7) is 6.01. The molecule has 1 N–H and O–H groups in total. The second-order valence-electron chi connectivity index (χ2n) is 5.31. The molecule has 1 fully saturated rings. The van der Waals surface area contributed by atoms with Gasteiger partial charge >= 0.3 is 0 Å². The number of hydrogen-bond acceptors (Lipinski definition) is 2. The van der Waals surface area contributed by atoms with E-state index in [1.165, 1.54) is 50.9 Å². The Labute approximate surface area is 104 Å². The summed E-state index contributed by atoms with van der Waals surface area (Å²) < 4.78 is 0. The third kappa shape index (κ3) is 2.53. The first kappa shape index (κ1) is 11.2. The molecule has 2 nitrogen and oxygen atoms in total. The summed E-state index contributed by atoms with van der Waals surface area (Å²) in [5.74, 6) is 0. The Morgan fingerprint density at radius 2 is 1.94 bits per heavy atom. The van der Waals surface area contributed by atoms with Crippen LogP contribution in [0.2, 0.25) is 0 Å². The minimum absolute atomic E-state index is 1.06. The average molecular weight is 230 g/mol. The number of likely N-dealkylation sites (tertiary alicyclic amines) is 1. The van der Waals surface area contributed by atoms with E-state index in [0.29, 0.717) is 0 Å². The van der Waals surface area contributed by atoms with E-state index < -0.39 is 0 Å². The maximum atomic E-state index is 3.45. The number of nitrogens with one attached hydrogen (secondary N) is 1. The molecule has 2 heteroatoms. The molecule has 0 aliphatic carbocycles. The van der Waals surface area contributed by atoms with Gasteiger partial charge in [-0.15, -0.1) is 0 Å². The highest BCUT2D eigenvalue weighted by molar-refractivity contribution is 5.37. The fraction of sp³-hybridized carbons (Fsp3) is 0.600. The first-order chi connectivity index (χ1) is 8.43. The zero-order valence-corrected chi connectivity index (χ0v) is 10.5. The maximum absolute atomic E-state index is 3.45. The summed E-state index contributed by atoms with van der Waals surface area (Å²) >= 11 is 0. The Kier molecular flexibility index (Phi) is 3.44. The van der Waals surface area contributed by atoms with Crippen LogP contribution in [0.3, 0.4) is 0 Å². The predicted octanol–water partition coefficient (Wildman–Crippen LogP) is 2.32. The monoisotopic (exact) mass is 230 g/mol. The molecular formula is C15H22N2. The first-order valence-electron chi connectivity index (χ1n) is 6.96. The molecule has 0 spiro atoms. The van der Waals surface area contributed by atoms with Crippen LogP contribution in [0, 0.1) is 0 Å². The van der Waals surface area contributed by atoms with Gasteiger partial charge in [-0.1, -0.05) is 24.6 Å². The van der Waals surface area contributed by atoms with Gasteiger partial charge in [-0.25, -0.2) is 0 Å². The predicted molar refractivity (Wildman–Crippen MR) is 71.0 cm³/mol. The van der Waals surface area contributed by atoms with Crippen LogP contribution < -0.4 is 5.32 Å². The van der Waals surface area contributed by atoms with Crippen molar-refractivity contribution in [3.8, 4) is 0 Å². The summed E-state index contributed by atoms with van der Waals surface area (Å²) in [4.78, 5) is 2.63. The van der Waals surface area contributed by atoms with E-state index in [1.807, 2.05) is 0 Å². The molecule has 92 valence electrons. The van der Waals surface area contributed by atoms with Crippen LogP contribution in [-0.4, -0.2) is 24.5 Å². The van der Waals surface area contributed by atoms with Crippen molar-refractivity contribution in [3.63, 3.8) is 0 Å². The van der Waals surface area contributed by atoms with Crippen molar-refractivity contribution in [2.45, 2.75) is 38.8 Å². The van der Waals surface area contributed by atoms with Crippen LogP contribution in [0.1, 0.15) is 36.0 Å². The molecule has 0 unspecified atom stereocenters. The van der Waals surface area contributed by atoms with Gasteiger partial charge in [-0.3, -0.25) is 0 Å². The molecule has 0 bridgehead atoms. The lowest BCUT2D eigenvalue weighted by molar-refractivity contribution is 0.231. The molecule has 1 saturated heterocycles. The second kappa shape index (κ2) is 5.19. The van der Waals surface area contributed by atoms with Crippen molar-refractivity contribution in [1.82, 2.24) is 10.2 Å². The van der Waals surface area contributed by atoms with Crippen molar-refractivity contribution in [2.75, 3.05) is 19.6 Å². The van der Waals surface area contributed by atoms with E-state index in [2.05, 4.69) is 28.4 Å². The van der Waals surface area contributed by atoms with Crippen LogP contribution in [0.5, 0.6) is 0 Å². The molecule has 2 aliphatic rings. The zero-order chi connectivity index (χ0) is 11.5. The summed E-state index contributed by atoms with van der Waals surface area (Å²) in [6.07, 6.45) is 5.45. The molecule has 0 atom stereocenters. The third-order valence-electron chi connectivity index (χ3n) is 4.13. The topological polar surface area (TPSA) is 15.3 Å². The van der Waals surface area contributed by atoms with E-state index in [-0.39, 0.29) is 0 Å². The second-order valence-corrected chi connectivity index (χ2v) is 5.31. The molecule has 1 aromatic rings. The fourth-order valence-electron chi connectivity index (χ4n) is 3.10. The van der Waals surface area contributed by atoms with Gasteiger partial charge in [-0.05, 0) is 49.0 Å². The number of piperidine rings is 1. The minimum atomic E-state index is 1.06. The van der Waals surface area contributed by atoms with Gasteiger partial charge < -0.3 is 10.2 Å².